The normalized spacial score (nSPS) is 11.7. The Morgan fingerprint density at radius 1 is 1.15 bits per heavy atom. The molecule has 1 atom stereocenters. The fourth-order valence-electron chi connectivity index (χ4n) is 1.79. The summed E-state index contributed by atoms with van der Waals surface area (Å²) in [6.45, 7) is 0.248. The van der Waals surface area contributed by atoms with E-state index in [4.69, 9.17) is 28.5 Å². The van der Waals surface area contributed by atoms with E-state index in [0.717, 1.165) is 0 Å². The van der Waals surface area contributed by atoms with Gasteiger partial charge in [-0.05, 0) is 24.3 Å². The quantitative estimate of drug-likeness (QED) is 0.897. The largest absolute Gasteiger partial charge is 0.387 e. The molecule has 20 heavy (non-hydrogen) atoms. The molecule has 0 radical (unpaired) electrons. The van der Waals surface area contributed by atoms with Crippen molar-refractivity contribution in [2.75, 3.05) is 11.9 Å². The second-order valence-electron chi connectivity index (χ2n) is 4.22. The molecular weight excluding hydrogens is 295 g/mol. The number of hydrogen-bond acceptors (Lipinski definition) is 3. The second kappa shape index (κ2) is 6.62. The van der Waals surface area contributed by atoms with E-state index in [0.29, 0.717) is 26.9 Å². The summed E-state index contributed by atoms with van der Waals surface area (Å²) in [7, 11) is 0. The number of rotatable bonds is 4. The van der Waals surface area contributed by atoms with Crippen LogP contribution in [0.5, 0.6) is 0 Å². The number of hydrogen-bond donors (Lipinski definition) is 2. The SMILES string of the molecule is N#Cc1ccc(Cl)c(NCC(O)c2ccccc2Cl)c1. The molecule has 0 saturated heterocycles. The number of nitrogens with zero attached hydrogens (tertiary/aromatic N) is 1. The molecule has 0 aliphatic carbocycles. The van der Waals surface area contributed by atoms with E-state index >= 15 is 0 Å². The van der Waals surface area contributed by atoms with Crippen molar-refractivity contribution in [3.8, 4) is 6.07 Å². The van der Waals surface area contributed by atoms with Gasteiger partial charge in [0.15, 0.2) is 0 Å². The summed E-state index contributed by atoms with van der Waals surface area (Å²) in [6.07, 6.45) is -0.759. The molecule has 1 unspecified atom stereocenters. The maximum Gasteiger partial charge on any atom is 0.0992 e. The molecule has 2 rings (SSSR count). The summed E-state index contributed by atoms with van der Waals surface area (Å²) in [5.74, 6) is 0. The van der Waals surface area contributed by atoms with Gasteiger partial charge in [0, 0.05) is 17.1 Å². The Bertz CT molecular complexity index is 653. The van der Waals surface area contributed by atoms with Gasteiger partial charge in [-0.3, -0.25) is 0 Å². The van der Waals surface area contributed by atoms with Crippen molar-refractivity contribution < 1.29 is 5.11 Å². The van der Waals surface area contributed by atoms with Crippen molar-refractivity contribution in [2.24, 2.45) is 0 Å². The van der Waals surface area contributed by atoms with E-state index in [1.165, 1.54) is 0 Å². The summed E-state index contributed by atoms with van der Waals surface area (Å²) in [5, 5.41) is 23.0. The Morgan fingerprint density at radius 3 is 2.60 bits per heavy atom. The van der Waals surface area contributed by atoms with E-state index in [1.807, 2.05) is 12.1 Å². The molecule has 0 fully saturated rings. The monoisotopic (exact) mass is 306 g/mol. The summed E-state index contributed by atoms with van der Waals surface area (Å²) >= 11 is 12.1. The number of aliphatic hydroxyl groups is 1. The van der Waals surface area contributed by atoms with Crippen LogP contribution in [0.3, 0.4) is 0 Å². The average Bonchev–Trinajstić information content (AvgIpc) is 2.46. The Balaban J connectivity index is 2.09. The van der Waals surface area contributed by atoms with E-state index in [1.54, 1.807) is 36.4 Å². The van der Waals surface area contributed by atoms with Crippen molar-refractivity contribution in [1.29, 1.82) is 5.26 Å². The average molecular weight is 307 g/mol. The molecule has 0 aromatic heterocycles. The molecule has 0 saturated carbocycles. The topological polar surface area (TPSA) is 56.0 Å². The number of nitriles is 1. The number of benzene rings is 2. The fraction of sp³-hybridized carbons (Fsp3) is 0.133. The highest BCUT2D eigenvalue weighted by atomic mass is 35.5. The number of aliphatic hydroxyl groups excluding tert-OH is 1. The van der Waals surface area contributed by atoms with Gasteiger partial charge in [0.2, 0.25) is 0 Å². The molecule has 2 N–H and O–H groups in total. The maximum atomic E-state index is 10.1. The van der Waals surface area contributed by atoms with Crippen molar-refractivity contribution in [3.63, 3.8) is 0 Å². The molecule has 0 heterocycles. The van der Waals surface area contributed by atoms with Crippen LogP contribution in [0.1, 0.15) is 17.2 Å². The number of anilines is 1. The second-order valence-corrected chi connectivity index (χ2v) is 5.04. The lowest BCUT2D eigenvalue weighted by Gasteiger charge is -2.15. The first kappa shape index (κ1) is 14.7. The van der Waals surface area contributed by atoms with Gasteiger partial charge in [0.25, 0.3) is 0 Å². The zero-order valence-electron chi connectivity index (χ0n) is 10.5. The predicted molar refractivity (Wildman–Crippen MR) is 81.1 cm³/mol. The van der Waals surface area contributed by atoms with E-state index < -0.39 is 6.10 Å². The van der Waals surface area contributed by atoms with E-state index in [9.17, 15) is 5.11 Å². The minimum Gasteiger partial charge on any atom is -0.387 e. The van der Waals surface area contributed by atoms with Crippen LogP contribution >= 0.6 is 23.2 Å². The van der Waals surface area contributed by atoms with Crippen molar-refractivity contribution in [1.82, 2.24) is 0 Å². The van der Waals surface area contributed by atoms with Crippen LogP contribution in [0.25, 0.3) is 0 Å². The Hall–Kier alpha value is -1.73. The van der Waals surface area contributed by atoms with Crippen LogP contribution in [0.15, 0.2) is 42.5 Å². The molecule has 0 amide bonds. The van der Waals surface area contributed by atoms with Crippen molar-refractivity contribution in [2.45, 2.75) is 6.10 Å². The molecule has 0 aliphatic rings. The minimum absolute atomic E-state index is 0.248. The van der Waals surface area contributed by atoms with Gasteiger partial charge in [-0.1, -0.05) is 41.4 Å². The lowest BCUT2D eigenvalue weighted by atomic mass is 10.1. The van der Waals surface area contributed by atoms with Crippen LogP contribution < -0.4 is 5.32 Å². The predicted octanol–water partition coefficient (Wildman–Crippen LogP) is 4.01. The summed E-state index contributed by atoms with van der Waals surface area (Å²) < 4.78 is 0. The first-order valence-electron chi connectivity index (χ1n) is 5.98. The molecule has 0 aliphatic heterocycles. The van der Waals surface area contributed by atoms with E-state index in [-0.39, 0.29) is 6.54 Å². The first-order valence-corrected chi connectivity index (χ1v) is 6.73. The number of halogens is 2. The molecule has 0 bridgehead atoms. The zero-order valence-corrected chi connectivity index (χ0v) is 12.0. The third-order valence-corrected chi connectivity index (χ3v) is 3.52. The minimum atomic E-state index is -0.759. The molecule has 102 valence electrons. The van der Waals surface area contributed by atoms with Gasteiger partial charge in [-0.2, -0.15) is 5.26 Å². The summed E-state index contributed by atoms with van der Waals surface area (Å²) in [4.78, 5) is 0. The molecule has 2 aromatic rings. The standard InChI is InChI=1S/C15H12Cl2N2O/c16-12-4-2-1-3-11(12)15(20)9-19-14-7-10(8-18)5-6-13(14)17/h1-7,15,19-20H,9H2. The third-order valence-electron chi connectivity index (χ3n) is 2.85. The Morgan fingerprint density at radius 2 is 1.90 bits per heavy atom. The van der Waals surface area contributed by atoms with Gasteiger partial charge in [-0.15, -0.1) is 0 Å². The molecular formula is C15H12Cl2N2O. The molecule has 0 spiro atoms. The van der Waals surface area contributed by atoms with Gasteiger partial charge < -0.3 is 10.4 Å². The van der Waals surface area contributed by atoms with Gasteiger partial charge >= 0.3 is 0 Å². The van der Waals surface area contributed by atoms with Crippen molar-refractivity contribution in [3.05, 3.63) is 63.6 Å². The first-order chi connectivity index (χ1) is 9.61. The maximum absolute atomic E-state index is 10.1. The van der Waals surface area contributed by atoms with Gasteiger partial charge in [-0.25, -0.2) is 0 Å². The van der Waals surface area contributed by atoms with Crippen LogP contribution in [0.2, 0.25) is 10.0 Å². The van der Waals surface area contributed by atoms with Crippen LogP contribution in [0, 0.1) is 11.3 Å². The third kappa shape index (κ3) is 3.43. The van der Waals surface area contributed by atoms with Gasteiger partial charge in [0.05, 0.1) is 28.4 Å². The number of nitrogens with one attached hydrogen (secondary N) is 1. The van der Waals surface area contributed by atoms with Crippen LogP contribution in [-0.2, 0) is 0 Å². The summed E-state index contributed by atoms with van der Waals surface area (Å²) in [5.41, 5.74) is 1.76. The van der Waals surface area contributed by atoms with Crippen LogP contribution in [-0.4, -0.2) is 11.7 Å². The van der Waals surface area contributed by atoms with Crippen molar-refractivity contribution >= 4 is 28.9 Å². The van der Waals surface area contributed by atoms with Crippen LogP contribution in [0.4, 0.5) is 5.69 Å². The molecule has 2 aromatic carbocycles. The zero-order chi connectivity index (χ0) is 14.5. The lowest BCUT2D eigenvalue weighted by molar-refractivity contribution is 0.192. The van der Waals surface area contributed by atoms with Gasteiger partial charge in [0.1, 0.15) is 0 Å². The Labute approximate surface area is 127 Å². The van der Waals surface area contributed by atoms with E-state index in [2.05, 4.69) is 5.32 Å². The Kier molecular flexibility index (Phi) is 4.86. The lowest BCUT2D eigenvalue weighted by Crippen LogP contribution is -2.12. The molecule has 3 nitrogen and oxygen atoms in total. The highest BCUT2D eigenvalue weighted by Gasteiger charge is 2.11. The highest BCUT2D eigenvalue weighted by molar-refractivity contribution is 6.33. The summed E-state index contributed by atoms with van der Waals surface area (Å²) in [6, 6.07) is 14.1. The highest BCUT2D eigenvalue weighted by Crippen LogP contribution is 2.26. The molecule has 5 heteroatoms. The smallest absolute Gasteiger partial charge is 0.0992 e. The fourth-order valence-corrected chi connectivity index (χ4v) is 2.24.